The van der Waals surface area contributed by atoms with Crippen LogP contribution in [0.1, 0.15) is 40.7 Å². The summed E-state index contributed by atoms with van der Waals surface area (Å²) in [5.41, 5.74) is 2.98. The van der Waals surface area contributed by atoms with Gasteiger partial charge in [-0.05, 0) is 61.9 Å². The van der Waals surface area contributed by atoms with Crippen LogP contribution < -0.4 is 5.32 Å². The Kier molecular flexibility index (Phi) is 5.79. The molecule has 4 rings (SSSR count). The first-order valence-electron chi connectivity index (χ1n) is 10.4. The van der Waals surface area contributed by atoms with E-state index in [9.17, 15) is 4.79 Å². The van der Waals surface area contributed by atoms with Crippen molar-refractivity contribution < 1.29 is 9.53 Å². The van der Waals surface area contributed by atoms with Crippen LogP contribution in [-0.2, 0) is 16.8 Å². The second-order valence-corrected chi connectivity index (χ2v) is 8.08. The molecule has 1 amide bonds. The Hall–Kier alpha value is -2.17. The van der Waals surface area contributed by atoms with Gasteiger partial charge in [-0.25, -0.2) is 0 Å². The molecule has 148 valence electrons. The molecule has 1 atom stereocenters. The zero-order valence-corrected chi connectivity index (χ0v) is 16.7. The minimum Gasteiger partial charge on any atom is -0.373 e. The van der Waals surface area contributed by atoms with E-state index in [1.165, 1.54) is 17.5 Å². The predicted octanol–water partition coefficient (Wildman–Crippen LogP) is 3.62. The van der Waals surface area contributed by atoms with Crippen molar-refractivity contribution in [1.29, 1.82) is 0 Å². The predicted molar refractivity (Wildman–Crippen MR) is 111 cm³/mol. The molecular weight excluding hydrogens is 348 g/mol. The molecule has 2 fully saturated rings. The number of nitrogens with one attached hydrogen (secondary N) is 1. The van der Waals surface area contributed by atoms with Gasteiger partial charge < -0.3 is 15.0 Å². The first kappa shape index (κ1) is 19.2. The summed E-state index contributed by atoms with van der Waals surface area (Å²) in [5.74, 6) is 0.800. The molecule has 0 aromatic heterocycles. The SMILES string of the molecule is COC1(c2ccccc2)CCN(C(=O)c2ccccc2CC2CCNC2)CC1. The van der Waals surface area contributed by atoms with Crippen molar-refractivity contribution in [3.8, 4) is 0 Å². The number of rotatable bonds is 5. The fourth-order valence-corrected chi connectivity index (χ4v) is 4.70. The average molecular weight is 379 g/mol. The number of hydrogen-bond acceptors (Lipinski definition) is 3. The van der Waals surface area contributed by atoms with Gasteiger partial charge in [-0.2, -0.15) is 0 Å². The molecule has 4 heteroatoms. The van der Waals surface area contributed by atoms with E-state index in [4.69, 9.17) is 4.74 Å². The lowest BCUT2D eigenvalue weighted by Crippen LogP contribution is -2.46. The summed E-state index contributed by atoms with van der Waals surface area (Å²) in [6, 6.07) is 18.6. The van der Waals surface area contributed by atoms with E-state index >= 15 is 0 Å². The van der Waals surface area contributed by atoms with Crippen LogP contribution in [0.3, 0.4) is 0 Å². The lowest BCUT2D eigenvalue weighted by atomic mass is 9.84. The number of piperidine rings is 1. The van der Waals surface area contributed by atoms with Crippen LogP contribution in [0, 0.1) is 5.92 Å². The first-order valence-corrected chi connectivity index (χ1v) is 10.4. The minimum atomic E-state index is -0.285. The number of carbonyl (C=O) groups excluding carboxylic acids is 1. The third-order valence-corrected chi connectivity index (χ3v) is 6.47. The first-order chi connectivity index (χ1) is 13.7. The van der Waals surface area contributed by atoms with E-state index in [2.05, 4.69) is 41.7 Å². The van der Waals surface area contributed by atoms with Crippen LogP contribution in [0.5, 0.6) is 0 Å². The maximum absolute atomic E-state index is 13.3. The Bertz CT molecular complexity index is 791. The summed E-state index contributed by atoms with van der Waals surface area (Å²) in [6.45, 7) is 3.59. The number of likely N-dealkylation sites (tertiary alicyclic amines) is 1. The molecule has 0 aliphatic carbocycles. The fourth-order valence-electron chi connectivity index (χ4n) is 4.70. The molecule has 2 aliphatic rings. The molecule has 0 radical (unpaired) electrons. The Morgan fingerprint density at radius 1 is 1.11 bits per heavy atom. The summed E-state index contributed by atoms with van der Waals surface area (Å²) in [7, 11) is 1.79. The van der Waals surface area contributed by atoms with E-state index in [0.717, 1.165) is 51.0 Å². The van der Waals surface area contributed by atoms with E-state index in [-0.39, 0.29) is 11.5 Å². The van der Waals surface area contributed by atoms with Gasteiger partial charge >= 0.3 is 0 Å². The number of methoxy groups -OCH3 is 1. The molecule has 0 bridgehead atoms. The number of ether oxygens (including phenoxy) is 1. The van der Waals surface area contributed by atoms with Gasteiger partial charge in [0.1, 0.15) is 0 Å². The van der Waals surface area contributed by atoms with Crippen LogP contribution in [0.15, 0.2) is 54.6 Å². The Labute approximate surface area is 167 Å². The third kappa shape index (κ3) is 3.85. The lowest BCUT2D eigenvalue weighted by Gasteiger charge is -2.41. The number of carbonyl (C=O) groups is 1. The van der Waals surface area contributed by atoms with Gasteiger partial charge in [0, 0.05) is 25.8 Å². The quantitative estimate of drug-likeness (QED) is 0.864. The highest BCUT2D eigenvalue weighted by atomic mass is 16.5. The molecule has 28 heavy (non-hydrogen) atoms. The number of amides is 1. The smallest absolute Gasteiger partial charge is 0.254 e. The summed E-state index contributed by atoms with van der Waals surface area (Å²) >= 11 is 0. The molecule has 1 unspecified atom stereocenters. The van der Waals surface area contributed by atoms with E-state index in [0.29, 0.717) is 5.92 Å². The number of hydrogen-bond donors (Lipinski definition) is 1. The second-order valence-electron chi connectivity index (χ2n) is 8.08. The van der Waals surface area contributed by atoms with E-state index in [1.54, 1.807) is 7.11 Å². The van der Waals surface area contributed by atoms with Crippen molar-refractivity contribution in [1.82, 2.24) is 10.2 Å². The van der Waals surface area contributed by atoms with Gasteiger partial charge in [0.05, 0.1) is 5.60 Å². The Morgan fingerprint density at radius 2 is 1.82 bits per heavy atom. The lowest BCUT2D eigenvalue weighted by molar-refractivity contribution is -0.0574. The molecule has 2 aromatic rings. The highest BCUT2D eigenvalue weighted by molar-refractivity contribution is 5.95. The summed E-state index contributed by atoms with van der Waals surface area (Å²) in [6.07, 6.45) is 3.83. The van der Waals surface area contributed by atoms with Crippen molar-refractivity contribution in [2.24, 2.45) is 5.92 Å². The van der Waals surface area contributed by atoms with Crippen LogP contribution >= 0.6 is 0 Å². The zero-order valence-electron chi connectivity index (χ0n) is 16.7. The Morgan fingerprint density at radius 3 is 2.50 bits per heavy atom. The van der Waals surface area contributed by atoms with Crippen molar-refractivity contribution in [2.75, 3.05) is 33.3 Å². The molecule has 2 aromatic carbocycles. The van der Waals surface area contributed by atoms with E-state index < -0.39 is 0 Å². The monoisotopic (exact) mass is 378 g/mol. The third-order valence-electron chi connectivity index (χ3n) is 6.47. The van der Waals surface area contributed by atoms with Gasteiger partial charge in [0.15, 0.2) is 0 Å². The van der Waals surface area contributed by atoms with Crippen molar-refractivity contribution in [3.05, 3.63) is 71.3 Å². The molecule has 4 nitrogen and oxygen atoms in total. The topological polar surface area (TPSA) is 41.6 Å². The number of benzene rings is 2. The molecule has 2 aliphatic heterocycles. The molecule has 0 spiro atoms. The van der Waals surface area contributed by atoms with Gasteiger partial charge in [0.25, 0.3) is 5.91 Å². The maximum atomic E-state index is 13.3. The normalized spacial score (nSPS) is 21.6. The Balaban J connectivity index is 1.47. The van der Waals surface area contributed by atoms with Crippen LogP contribution in [0.2, 0.25) is 0 Å². The van der Waals surface area contributed by atoms with Gasteiger partial charge in [-0.15, -0.1) is 0 Å². The molecule has 0 saturated carbocycles. The van der Waals surface area contributed by atoms with E-state index in [1.807, 2.05) is 23.1 Å². The average Bonchev–Trinajstić information content (AvgIpc) is 3.27. The highest BCUT2D eigenvalue weighted by Crippen LogP contribution is 2.36. The second kappa shape index (κ2) is 8.46. The molecular formula is C24H30N2O2. The fraction of sp³-hybridized carbons (Fsp3) is 0.458. The maximum Gasteiger partial charge on any atom is 0.254 e. The summed E-state index contributed by atoms with van der Waals surface area (Å²) in [5, 5.41) is 3.43. The summed E-state index contributed by atoms with van der Waals surface area (Å²) < 4.78 is 5.97. The van der Waals surface area contributed by atoms with Crippen molar-refractivity contribution in [3.63, 3.8) is 0 Å². The zero-order chi connectivity index (χ0) is 19.4. The standard InChI is InChI=1S/C24H30N2O2/c1-28-24(21-8-3-2-4-9-21)12-15-26(16-13-24)23(27)22-10-6-5-7-20(22)17-19-11-14-25-18-19/h2-10,19,25H,11-18H2,1H3. The largest absolute Gasteiger partial charge is 0.373 e. The van der Waals surface area contributed by atoms with Gasteiger partial charge in [-0.1, -0.05) is 48.5 Å². The summed E-state index contributed by atoms with van der Waals surface area (Å²) in [4.78, 5) is 15.3. The van der Waals surface area contributed by atoms with Crippen LogP contribution in [-0.4, -0.2) is 44.1 Å². The minimum absolute atomic E-state index is 0.166. The number of nitrogens with zero attached hydrogens (tertiary/aromatic N) is 1. The molecule has 2 saturated heterocycles. The van der Waals surface area contributed by atoms with Gasteiger partial charge in [-0.3, -0.25) is 4.79 Å². The molecule has 2 heterocycles. The molecule has 1 N–H and O–H groups in total. The van der Waals surface area contributed by atoms with Crippen LogP contribution in [0.4, 0.5) is 0 Å². The highest BCUT2D eigenvalue weighted by Gasteiger charge is 2.38. The van der Waals surface area contributed by atoms with Crippen LogP contribution in [0.25, 0.3) is 0 Å². The van der Waals surface area contributed by atoms with Crippen molar-refractivity contribution in [2.45, 2.75) is 31.3 Å². The van der Waals surface area contributed by atoms with Gasteiger partial charge in [0.2, 0.25) is 0 Å². The van der Waals surface area contributed by atoms with Crippen molar-refractivity contribution >= 4 is 5.91 Å².